The smallest absolute Gasteiger partial charge is 0.261 e. The lowest BCUT2D eigenvalue weighted by Crippen LogP contribution is -2.18. The fourth-order valence-electron chi connectivity index (χ4n) is 2.32. The average Bonchev–Trinajstić information content (AvgIpc) is 2.64. The summed E-state index contributed by atoms with van der Waals surface area (Å²) in [5.41, 5.74) is 1.08. The van der Waals surface area contributed by atoms with Gasteiger partial charge in [0.05, 0.1) is 16.1 Å². The number of nitrogens with one attached hydrogen (secondary N) is 2. The van der Waals surface area contributed by atoms with Crippen LogP contribution in [-0.2, 0) is 10.0 Å². The van der Waals surface area contributed by atoms with Crippen LogP contribution >= 0.6 is 38.5 Å². The Morgan fingerprint density at radius 1 is 0.889 bits per heavy atom. The zero-order valence-corrected chi connectivity index (χ0v) is 18.4. The molecule has 0 saturated carbocycles. The van der Waals surface area contributed by atoms with Gasteiger partial charge in [0.25, 0.3) is 15.9 Å². The highest BCUT2D eigenvalue weighted by Gasteiger charge is 2.18. The molecule has 0 radical (unpaired) electrons. The molecule has 5 nitrogen and oxygen atoms in total. The number of sulfonamides is 1. The molecule has 3 rings (SSSR count). The van der Waals surface area contributed by atoms with Crippen molar-refractivity contribution in [3.63, 3.8) is 0 Å². The van der Waals surface area contributed by atoms with E-state index in [1.165, 1.54) is 12.1 Å². The second-order valence-electron chi connectivity index (χ2n) is 5.57. The Balaban J connectivity index is 1.86. The van der Waals surface area contributed by atoms with E-state index in [-0.39, 0.29) is 16.1 Å². The van der Waals surface area contributed by atoms with E-state index < -0.39 is 15.9 Å². The molecule has 0 atom stereocenters. The van der Waals surface area contributed by atoms with Crippen LogP contribution in [0.1, 0.15) is 10.4 Å². The third kappa shape index (κ3) is 5.08. The van der Waals surface area contributed by atoms with Gasteiger partial charge in [-0.2, -0.15) is 0 Å². The van der Waals surface area contributed by atoms with Crippen LogP contribution in [0.5, 0.6) is 0 Å². The van der Waals surface area contributed by atoms with Crippen molar-refractivity contribution in [3.05, 3.63) is 86.4 Å². The van der Waals surface area contributed by atoms with Crippen molar-refractivity contribution < 1.29 is 13.2 Å². The molecule has 2 N–H and O–H groups in total. The summed E-state index contributed by atoms with van der Waals surface area (Å²) >= 11 is 5.45. The largest absolute Gasteiger partial charge is 0.322 e. The first-order valence-corrected chi connectivity index (χ1v) is 11.1. The molecule has 0 aliphatic heterocycles. The predicted octanol–water partition coefficient (Wildman–Crippen LogP) is 5.11. The predicted molar refractivity (Wildman–Crippen MR) is 119 cm³/mol. The number of anilines is 2. The highest BCUT2D eigenvalue weighted by atomic mass is 127. The Hall–Kier alpha value is -1.91. The monoisotopic (exact) mass is 556 g/mol. The molecule has 0 saturated heterocycles. The normalized spacial score (nSPS) is 11.0. The highest BCUT2D eigenvalue weighted by molar-refractivity contribution is 14.1. The first-order valence-electron chi connectivity index (χ1n) is 7.79. The summed E-state index contributed by atoms with van der Waals surface area (Å²) in [6.07, 6.45) is 0. The number of carbonyl (C=O) groups excluding carboxylic acids is 1. The van der Waals surface area contributed by atoms with Crippen molar-refractivity contribution in [1.29, 1.82) is 0 Å². The molecular weight excluding hydrogens is 543 g/mol. The van der Waals surface area contributed by atoms with Gasteiger partial charge >= 0.3 is 0 Å². The van der Waals surface area contributed by atoms with Gasteiger partial charge in [-0.3, -0.25) is 9.52 Å². The number of hydrogen-bond donors (Lipinski definition) is 2. The summed E-state index contributed by atoms with van der Waals surface area (Å²) in [5.74, 6) is -0.398. The zero-order chi connectivity index (χ0) is 19.4. The van der Waals surface area contributed by atoms with E-state index in [9.17, 15) is 13.2 Å². The van der Waals surface area contributed by atoms with Crippen molar-refractivity contribution in [2.24, 2.45) is 0 Å². The minimum Gasteiger partial charge on any atom is -0.322 e. The van der Waals surface area contributed by atoms with Crippen molar-refractivity contribution in [2.45, 2.75) is 4.90 Å². The lowest BCUT2D eigenvalue weighted by Gasteiger charge is -2.13. The summed E-state index contributed by atoms with van der Waals surface area (Å²) in [4.78, 5) is 12.7. The minimum absolute atomic E-state index is 0.110. The first kappa shape index (κ1) is 19.8. The summed E-state index contributed by atoms with van der Waals surface area (Å²) in [5, 5.41) is 2.78. The number of rotatable bonds is 5. The van der Waals surface area contributed by atoms with Gasteiger partial charge in [0.2, 0.25) is 0 Å². The molecule has 0 heterocycles. The van der Waals surface area contributed by atoms with Crippen LogP contribution in [0.25, 0.3) is 0 Å². The van der Waals surface area contributed by atoms with Gasteiger partial charge in [-0.15, -0.1) is 0 Å². The van der Waals surface area contributed by atoms with Gasteiger partial charge in [0.15, 0.2) is 0 Å². The SMILES string of the molecule is O=C(Nc1ccc(I)cc1)c1ccccc1NS(=O)(=O)c1ccc(Br)cc1. The summed E-state index contributed by atoms with van der Waals surface area (Å²) in [7, 11) is -3.82. The molecule has 0 unspecified atom stereocenters. The van der Waals surface area contributed by atoms with Crippen molar-refractivity contribution in [2.75, 3.05) is 10.0 Å². The maximum atomic E-state index is 12.6. The Labute approximate surface area is 179 Å². The number of halogens is 2. The second-order valence-corrected chi connectivity index (χ2v) is 9.41. The molecule has 1 amide bonds. The van der Waals surface area contributed by atoms with Crippen LogP contribution in [0.3, 0.4) is 0 Å². The third-order valence-corrected chi connectivity index (χ3v) is 6.27. The summed E-state index contributed by atoms with van der Waals surface area (Å²) < 4.78 is 29.6. The topological polar surface area (TPSA) is 75.3 Å². The molecule has 0 aromatic heterocycles. The van der Waals surface area contributed by atoms with Gasteiger partial charge in [-0.1, -0.05) is 28.1 Å². The van der Waals surface area contributed by atoms with Crippen molar-refractivity contribution >= 4 is 65.8 Å². The van der Waals surface area contributed by atoms with E-state index in [1.807, 2.05) is 12.1 Å². The first-order chi connectivity index (χ1) is 12.8. The fourth-order valence-corrected chi connectivity index (χ4v) is 4.02. The molecule has 0 aliphatic carbocycles. The van der Waals surface area contributed by atoms with Gasteiger partial charge in [0, 0.05) is 13.7 Å². The average molecular weight is 557 g/mol. The van der Waals surface area contributed by atoms with Crippen LogP contribution in [0.15, 0.2) is 82.2 Å². The molecule has 0 bridgehead atoms. The van der Waals surface area contributed by atoms with Crippen LogP contribution in [0, 0.1) is 3.57 Å². The molecule has 27 heavy (non-hydrogen) atoms. The van der Waals surface area contributed by atoms with Crippen molar-refractivity contribution in [3.8, 4) is 0 Å². The lowest BCUT2D eigenvalue weighted by atomic mass is 10.1. The van der Waals surface area contributed by atoms with Crippen LogP contribution in [-0.4, -0.2) is 14.3 Å². The van der Waals surface area contributed by atoms with Gasteiger partial charge in [0.1, 0.15) is 0 Å². The maximum Gasteiger partial charge on any atom is 0.261 e. The molecule has 3 aromatic rings. The number of para-hydroxylation sites is 1. The molecule has 0 fully saturated rings. The van der Waals surface area contributed by atoms with E-state index >= 15 is 0 Å². The maximum absolute atomic E-state index is 12.6. The van der Waals surface area contributed by atoms with Crippen LogP contribution in [0.4, 0.5) is 11.4 Å². The number of amides is 1. The zero-order valence-electron chi connectivity index (χ0n) is 13.8. The summed E-state index contributed by atoms with van der Waals surface area (Å²) in [6.45, 7) is 0. The molecular formula is C19H14BrIN2O3S. The van der Waals surface area contributed by atoms with E-state index in [0.29, 0.717) is 5.69 Å². The molecule has 8 heteroatoms. The van der Waals surface area contributed by atoms with Crippen LogP contribution in [0.2, 0.25) is 0 Å². The molecule has 3 aromatic carbocycles. The van der Waals surface area contributed by atoms with E-state index in [0.717, 1.165) is 8.04 Å². The number of benzene rings is 3. The second kappa shape index (κ2) is 8.41. The third-order valence-electron chi connectivity index (χ3n) is 3.64. The van der Waals surface area contributed by atoms with E-state index in [1.54, 1.807) is 48.5 Å². The van der Waals surface area contributed by atoms with E-state index in [2.05, 4.69) is 48.6 Å². The van der Waals surface area contributed by atoms with Gasteiger partial charge < -0.3 is 5.32 Å². The molecule has 0 spiro atoms. The van der Waals surface area contributed by atoms with Gasteiger partial charge in [-0.05, 0) is 83.3 Å². The fraction of sp³-hybridized carbons (Fsp3) is 0. The van der Waals surface area contributed by atoms with Crippen LogP contribution < -0.4 is 10.0 Å². The Morgan fingerprint density at radius 3 is 2.19 bits per heavy atom. The van der Waals surface area contributed by atoms with E-state index in [4.69, 9.17) is 0 Å². The number of hydrogen-bond acceptors (Lipinski definition) is 3. The quantitative estimate of drug-likeness (QED) is 0.429. The Morgan fingerprint density at radius 2 is 1.52 bits per heavy atom. The standard InChI is InChI=1S/C19H14BrIN2O3S/c20-13-5-11-16(12-6-13)27(25,26)23-18-4-2-1-3-17(18)19(24)22-15-9-7-14(21)8-10-15/h1-12,23H,(H,22,24). The number of carbonyl (C=O) groups is 1. The molecule has 138 valence electrons. The Kier molecular flexibility index (Phi) is 6.18. The Bertz CT molecular complexity index is 1070. The minimum atomic E-state index is -3.82. The summed E-state index contributed by atoms with van der Waals surface area (Å²) in [6, 6.07) is 20.1. The highest BCUT2D eigenvalue weighted by Crippen LogP contribution is 2.22. The van der Waals surface area contributed by atoms with Gasteiger partial charge in [-0.25, -0.2) is 8.42 Å². The molecule has 0 aliphatic rings. The lowest BCUT2D eigenvalue weighted by molar-refractivity contribution is 0.102. The van der Waals surface area contributed by atoms with Crippen molar-refractivity contribution in [1.82, 2.24) is 0 Å².